The van der Waals surface area contributed by atoms with Gasteiger partial charge in [0.2, 0.25) is 0 Å². The summed E-state index contributed by atoms with van der Waals surface area (Å²) in [5.41, 5.74) is 2.65. The summed E-state index contributed by atoms with van der Waals surface area (Å²) in [4.78, 5) is 22.1. The third-order valence-electron chi connectivity index (χ3n) is 2.44. The van der Waals surface area contributed by atoms with Crippen LogP contribution in [0.5, 0.6) is 0 Å². The number of nitrogens with one attached hydrogen (secondary N) is 1. The van der Waals surface area contributed by atoms with Crippen molar-refractivity contribution in [3.05, 3.63) is 35.4 Å². The molecule has 0 aliphatic rings. The number of benzene rings is 1. The van der Waals surface area contributed by atoms with E-state index in [4.69, 9.17) is 5.84 Å². The van der Waals surface area contributed by atoms with Crippen LogP contribution in [0.2, 0.25) is 0 Å². The number of aliphatic hydroxyl groups is 2. The maximum Gasteiger partial charge on any atom is 0.265 e. The van der Waals surface area contributed by atoms with Crippen molar-refractivity contribution in [2.24, 2.45) is 5.84 Å². The maximum atomic E-state index is 11.3. The lowest BCUT2D eigenvalue weighted by atomic mass is 10.0. The maximum absolute atomic E-state index is 11.3. The van der Waals surface area contributed by atoms with Crippen LogP contribution in [0.15, 0.2) is 24.3 Å². The molecule has 0 aromatic heterocycles. The molecule has 7 heteroatoms. The van der Waals surface area contributed by atoms with Crippen molar-refractivity contribution < 1.29 is 19.8 Å². The second-order valence-electron chi connectivity index (χ2n) is 3.91. The van der Waals surface area contributed by atoms with Crippen molar-refractivity contribution in [2.45, 2.75) is 19.1 Å². The highest BCUT2D eigenvalue weighted by molar-refractivity contribution is 8.13. The number of carbonyl (C=O) groups excluding carboxylic acids is 2. The molecule has 0 bridgehead atoms. The number of hydrazine groups is 1. The quantitative estimate of drug-likeness (QED) is 0.343. The standard InChI is InChI=1S/C12H16N2O4S/c1-7(15)19-6-10(16)11(17)8-3-2-4-9(5-8)12(18)14-13/h2-5,10-11,16-17H,6,13H2,1H3,(H,14,18). The van der Waals surface area contributed by atoms with Gasteiger partial charge in [0, 0.05) is 18.2 Å². The van der Waals surface area contributed by atoms with E-state index in [-0.39, 0.29) is 16.4 Å². The van der Waals surface area contributed by atoms with E-state index in [0.29, 0.717) is 5.56 Å². The second-order valence-corrected chi connectivity index (χ2v) is 5.11. The van der Waals surface area contributed by atoms with Crippen molar-refractivity contribution in [1.82, 2.24) is 5.43 Å². The fraction of sp³-hybridized carbons (Fsp3) is 0.333. The van der Waals surface area contributed by atoms with Gasteiger partial charge in [-0.3, -0.25) is 15.0 Å². The molecule has 0 radical (unpaired) electrons. The number of nitrogen functional groups attached to an aromatic ring is 1. The van der Waals surface area contributed by atoms with Gasteiger partial charge in [0.05, 0.1) is 6.10 Å². The second kappa shape index (κ2) is 7.25. The van der Waals surface area contributed by atoms with Gasteiger partial charge < -0.3 is 10.2 Å². The molecule has 0 heterocycles. The van der Waals surface area contributed by atoms with Gasteiger partial charge >= 0.3 is 0 Å². The molecular formula is C12H16N2O4S. The van der Waals surface area contributed by atoms with Crippen LogP contribution in [-0.2, 0) is 4.79 Å². The van der Waals surface area contributed by atoms with E-state index in [0.717, 1.165) is 11.8 Å². The lowest BCUT2D eigenvalue weighted by molar-refractivity contribution is -0.109. The van der Waals surface area contributed by atoms with E-state index >= 15 is 0 Å². The summed E-state index contributed by atoms with van der Waals surface area (Å²) in [6, 6.07) is 6.14. The number of hydrogen-bond acceptors (Lipinski definition) is 6. The number of nitrogens with two attached hydrogens (primary N) is 1. The van der Waals surface area contributed by atoms with E-state index in [9.17, 15) is 19.8 Å². The molecule has 1 rings (SSSR count). The molecule has 104 valence electrons. The minimum absolute atomic E-state index is 0.0871. The zero-order chi connectivity index (χ0) is 14.4. The molecule has 0 spiro atoms. The van der Waals surface area contributed by atoms with E-state index in [1.54, 1.807) is 12.1 Å². The van der Waals surface area contributed by atoms with Crippen LogP contribution in [0, 0.1) is 0 Å². The number of amides is 1. The first-order valence-electron chi connectivity index (χ1n) is 5.56. The number of hydrogen-bond donors (Lipinski definition) is 4. The lowest BCUT2D eigenvalue weighted by Crippen LogP contribution is -2.30. The molecule has 0 aliphatic heterocycles. The highest BCUT2D eigenvalue weighted by Gasteiger charge is 2.20. The molecule has 2 atom stereocenters. The van der Waals surface area contributed by atoms with Crippen molar-refractivity contribution in [1.29, 1.82) is 0 Å². The van der Waals surface area contributed by atoms with Gasteiger partial charge in [-0.15, -0.1) is 0 Å². The van der Waals surface area contributed by atoms with Crippen LogP contribution in [0.3, 0.4) is 0 Å². The monoisotopic (exact) mass is 284 g/mol. The highest BCUT2D eigenvalue weighted by atomic mass is 32.2. The fourth-order valence-corrected chi connectivity index (χ4v) is 2.05. The predicted octanol–water partition coefficient (Wildman–Crippen LogP) is -0.0359. The largest absolute Gasteiger partial charge is 0.389 e. The summed E-state index contributed by atoms with van der Waals surface area (Å²) in [5.74, 6) is 4.62. The van der Waals surface area contributed by atoms with Gasteiger partial charge in [-0.2, -0.15) is 0 Å². The Balaban J connectivity index is 2.78. The molecule has 19 heavy (non-hydrogen) atoms. The first-order valence-corrected chi connectivity index (χ1v) is 6.54. The summed E-state index contributed by atoms with van der Waals surface area (Å²) in [7, 11) is 0. The van der Waals surface area contributed by atoms with Crippen molar-refractivity contribution in [2.75, 3.05) is 5.75 Å². The molecule has 5 N–H and O–H groups in total. The minimum atomic E-state index is -1.17. The van der Waals surface area contributed by atoms with E-state index in [1.165, 1.54) is 19.1 Å². The third kappa shape index (κ3) is 4.64. The predicted molar refractivity (Wildman–Crippen MR) is 72.2 cm³/mol. The Hall–Kier alpha value is -1.41. The molecule has 1 aromatic carbocycles. The van der Waals surface area contributed by atoms with Gasteiger partial charge in [-0.1, -0.05) is 23.9 Å². The molecule has 0 fully saturated rings. The van der Waals surface area contributed by atoms with Gasteiger partial charge in [-0.05, 0) is 17.7 Å². The Bertz CT molecular complexity index is 467. The number of thioether (sulfide) groups is 1. The molecule has 1 aromatic rings. The van der Waals surface area contributed by atoms with Crippen LogP contribution < -0.4 is 11.3 Å². The zero-order valence-corrected chi connectivity index (χ0v) is 11.2. The SMILES string of the molecule is CC(=O)SCC(O)C(O)c1cccc(C(=O)NN)c1. The molecule has 0 saturated carbocycles. The molecule has 0 aliphatic carbocycles. The van der Waals surface area contributed by atoms with Gasteiger partial charge in [0.15, 0.2) is 5.12 Å². The van der Waals surface area contributed by atoms with Crippen LogP contribution in [0.1, 0.15) is 28.9 Å². The smallest absolute Gasteiger partial charge is 0.265 e. The topological polar surface area (TPSA) is 113 Å². The van der Waals surface area contributed by atoms with Crippen LogP contribution in [-0.4, -0.2) is 33.1 Å². The van der Waals surface area contributed by atoms with Crippen LogP contribution in [0.25, 0.3) is 0 Å². The normalized spacial score (nSPS) is 13.7. The summed E-state index contributed by atoms with van der Waals surface area (Å²) in [6.45, 7) is 1.38. The van der Waals surface area contributed by atoms with Gasteiger partial charge in [0.1, 0.15) is 6.10 Å². The van der Waals surface area contributed by atoms with Gasteiger partial charge in [-0.25, -0.2) is 5.84 Å². The summed E-state index contributed by atoms with van der Waals surface area (Å²) in [6.07, 6.45) is -2.26. The number of carbonyl (C=O) groups is 2. The first-order chi connectivity index (χ1) is 8.95. The average molecular weight is 284 g/mol. The minimum Gasteiger partial charge on any atom is -0.389 e. The Kier molecular flexibility index (Phi) is 5.97. The number of aliphatic hydroxyl groups excluding tert-OH is 2. The van der Waals surface area contributed by atoms with E-state index in [2.05, 4.69) is 0 Å². The lowest BCUT2D eigenvalue weighted by Gasteiger charge is -2.17. The molecule has 0 saturated heterocycles. The van der Waals surface area contributed by atoms with Crippen LogP contribution in [0.4, 0.5) is 0 Å². The molecule has 6 nitrogen and oxygen atoms in total. The molecule has 1 amide bonds. The molecule has 2 unspecified atom stereocenters. The first kappa shape index (κ1) is 15.6. The highest BCUT2D eigenvalue weighted by Crippen LogP contribution is 2.21. The Morgan fingerprint density at radius 2 is 2.11 bits per heavy atom. The summed E-state index contributed by atoms with van der Waals surface area (Å²) < 4.78 is 0. The Labute approximate surface area is 115 Å². The zero-order valence-electron chi connectivity index (χ0n) is 10.4. The van der Waals surface area contributed by atoms with Crippen molar-refractivity contribution in [3.63, 3.8) is 0 Å². The summed E-state index contributed by atoms with van der Waals surface area (Å²) in [5, 5.41) is 19.6. The average Bonchev–Trinajstić information content (AvgIpc) is 2.43. The Morgan fingerprint density at radius 1 is 1.42 bits per heavy atom. The fourth-order valence-electron chi connectivity index (χ4n) is 1.46. The third-order valence-corrected chi connectivity index (χ3v) is 3.36. The van der Waals surface area contributed by atoms with Gasteiger partial charge in [0.25, 0.3) is 5.91 Å². The summed E-state index contributed by atoms with van der Waals surface area (Å²) >= 11 is 0.929. The van der Waals surface area contributed by atoms with Crippen molar-refractivity contribution in [3.8, 4) is 0 Å². The van der Waals surface area contributed by atoms with E-state index < -0.39 is 18.1 Å². The molecular weight excluding hydrogens is 268 g/mol. The van der Waals surface area contributed by atoms with Crippen molar-refractivity contribution >= 4 is 22.8 Å². The Morgan fingerprint density at radius 3 is 2.68 bits per heavy atom. The number of rotatable bonds is 5. The van der Waals surface area contributed by atoms with Crippen LogP contribution >= 0.6 is 11.8 Å². The van der Waals surface area contributed by atoms with E-state index in [1.807, 2.05) is 5.43 Å².